The average Bonchev–Trinajstić information content (AvgIpc) is 2.77. The third kappa shape index (κ3) is 2.83. The van der Waals surface area contributed by atoms with Gasteiger partial charge in [-0.1, -0.05) is 40.2 Å². The van der Waals surface area contributed by atoms with Gasteiger partial charge in [0.1, 0.15) is 0 Å². The SMILES string of the molecule is CN(C)c1cccc2c(N3C(=O)c4cccc5c(Br)ccc(c45)C3=O)ccc(N(C)C)c12. The summed E-state index contributed by atoms with van der Waals surface area (Å²) in [6.07, 6.45) is 0. The monoisotopic (exact) mass is 487 g/mol. The molecule has 0 N–H and O–H groups in total. The predicted octanol–water partition coefficient (Wildman–Crippen LogP) is 5.69. The maximum atomic E-state index is 13.7. The van der Waals surface area contributed by atoms with Crippen LogP contribution in [0.3, 0.4) is 0 Å². The van der Waals surface area contributed by atoms with Crippen LogP contribution >= 0.6 is 15.9 Å². The van der Waals surface area contributed by atoms with Crippen molar-refractivity contribution in [2.24, 2.45) is 0 Å². The van der Waals surface area contributed by atoms with Crippen LogP contribution in [0.15, 0.2) is 65.1 Å². The first-order chi connectivity index (χ1) is 15.3. The van der Waals surface area contributed by atoms with Gasteiger partial charge in [-0.05, 0) is 41.8 Å². The smallest absolute Gasteiger partial charge is 0.266 e. The first-order valence-electron chi connectivity index (χ1n) is 10.3. The second-order valence-corrected chi connectivity index (χ2v) is 9.22. The van der Waals surface area contributed by atoms with Crippen molar-refractivity contribution < 1.29 is 9.59 Å². The highest BCUT2D eigenvalue weighted by Gasteiger charge is 2.35. The Labute approximate surface area is 195 Å². The molecule has 32 heavy (non-hydrogen) atoms. The van der Waals surface area contributed by atoms with Gasteiger partial charge >= 0.3 is 0 Å². The molecular weight excluding hydrogens is 466 g/mol. The standard InChI is InChI=1S/C26H22BrN3O2/c1-28(2)21-10-6-8-16-20(13-14-22(24(16)21)29(3)4)30-25(31)17-9-5-7-15-19(27)12-11-18(23(15)17)26(30)32/h5-14H,1-4H3. The number of amides is 2. The zero-order valence-corrected chi connectivity index (χ0v) is 19.9. The van der Waals surface area contributed by atoms with E-state index in [1.54, 1.807) is 12.1 Å². The molecule has 1 heterocycles. The van der Waals surface area contributed by atoms with Crippen LogP contribution in [-0.2, 0) is 0 Å². The summed E-state index contributed by atoms with van der Waals surface area (Å²) in [5.41, 5.74) is 3.71. The van der Waals surface area contributed by atoms with E-state index in [2.05, 4.69) is 15.9 Å². The van der Waals surface area contributed by atoms with E-state index < -0.39 is 0 Å². The summed E-state index contributed by atoms with van der Waals surface area (Å²) in [4.78, 5) is 32.8. The van der Waals surface area contributed by atoms with Crippen molar-refractivity contribution >= 4 is 66.4 Å². The van der Waals surface area contributed by atoms with Gasteiger partial charge in [0, 0.05) is 71.3 Å². The van der Waals surface area contributed by atoms with Crippen LogP contribution in [-0.4, -0.2) is 40.0 Å². The lowest BCUT2D eigenvalue weighted by Gasteiger charge is -2.30. The lowest BCUT2D eigenvalue weighted by Crippen LogP contribution is -2.40. The quantitative estimate of drug-likeness (QED) is 0.348. The van der Waals surface area contributed by atoms with Gasteiger partial charge in [0.2, 0.25) is 0 Å². The Bertz CT molecular complexity index is 1410. The van der Waals surface area contributed by atoms with Crippen molar-refractivity contribution in [1.29, 1.82) is 0 Å². The largest absolute Gasteiger partial charge is 0.377 e. The normalized spacial score (nSPS) is 13.2. The third-order valence-electron chi connectivity index (χ3n) is 6.03. The molecule has 1 aliphatic heterocycles. The van der Waals surface area contributed by atoms with Gasteiger partial charge in [-0.15, -0.1) is 0 Å². The fourth-order valence-corrected chi connectivity index (χ4v) is 5.04. The Kier molecular flexibility index (Phi) is 4.71. The second-order valence-electron chi connectivity index (χ2n) is 8.36. The average molecular weight is 488 g/mol. The molecule has 0 atom stereocenters. The van der Waals surface area contributed by atoms with Crippen LogP contribution in [0.2, 0.25) is 0 Å². The van der Waals surface area contributed by atoms with E-state index in [-0.39, 0.29) is 11.8 Å². The molecule has 160 valence electrons. The number of hydrogen-bond donors (Lipinski definition) is 0. The number of nitrogens with zero attached hydrogens (tertiary/aromatic N) is 3. The highest BCUT2D eigenvalue weighted by molar-refractivity contribution is 9.10. The molecule has 6 heteroatoms. The highest BCUT2D eigenvalue weighted by atomic mass is 79.9. The van der Waals surface area contributed by atoms with Crippen LogP contribution in [0.4, 0.5) is 17.1 Å². The number of anilines is 3. The number of carbonyl (C=O) groups is 2. The molecule has 5 rings (SSSR count). The van der Waals surface area contributed by atoms with E-state index in [1.807, 2.05) is 86.5 Å². The Morgan fingerprint density at radius 3 is 1.94 bits per heavy atom. The molecule has 0 spiro atoms. The minimum Gasteiger partial charge on any atom is -0.377 e. The second kappa shape index (κ2) is 7.35. The van der Waals surface area contributed by atoms with E-state index in [4.69, 9.17) is 0 Å². The van der Waals surface area contributed by atoms with Crippen LogP contribution in [0.1, 0.15) is 20.7 Å². The molecule has 0 bridgehead atoms. The number of fused-ring (bicyclic) bond motifs is 1. The molecule has 0 radical (unpaired) electrons. The zero-order valence-electron chi connectivity index (χ0n) is 18.3. The Morgan fingerprint density at radius 1 is 0.656 bits per heavy atom. The van der Waals surface area contributed by atoms with Crippen LogP contribution in [0.25, 0.3) is 21.5 Å². The summed E-state index contributed by atoms with van der Waals surface area (Å²) in [6, 6.07) is 19.1. The van der Waals surface area contributed by atoms with Gasteiger partial charge < -0.3 is 9.80 Å². The number of hydrogen-bond acceptors (Lipinski definition) is 4. The molecule has 2 amide bonds. The van der Waals surface area contributed by atoms with Crippen molar-refractivity contribution in [1.82, 2.24) is 0 Å². The van der Waals surface area contributed by atoms with Crippen molar-refractivity contribution in [2.75, 3.05) is 42.9 Å². The summed E-state index contributed by atoms with van der Waals surface area (Å²) in [5, 5.41) is 3.43. The highest BCUT2D eigenvalue weighted by Crippen LogP contribution is 2.42. The summed E-state index contributed by atoms with van der Waals surface area (Å²) in [7, 11) is 7.97. The van der Waals surface area contributed by atoms with E-state index in [1.165, 1.54) is 4.90 Å². The van der Waals surface area contributed by atoms with E-state index in [9.17, 15) is 9.59 Å². The molecule has 0 aliphatic carbocycles. The lowest BCUT2D eigenvalue weighted by atomic mass is 9.93. The van der Waals surface area contributed by atoms with Gasteiger partial charge in [-0.25, -0.2) is 4.90 Å². The Balaban J connectivity index is 1.81. The first-order valence-corrected chi connectivity index (χ1v) is 11.1. The van der Waals surface area contributed by atoms with E-state index in [0.29, 0.717) is 22.2 Å². The first kappa shape index (κ1) is 20.5. The minimum atomic E-state index is -0.305. The Morgan fingerprint density at radius 2 is 1.25 bits per heavy atom. The molecular formula is C26H22BrN3O2. The lowest BCUT2D eigenvalue weighted by molar-refractivity contribution is 0.0894. The maximum absolute atomic E-state index is 13.7. The molecule has 0 saturated heterocycles. The molecule has 0 unspecified atom stereocenters. The molecule has 5 nitrogen and oxygen atoms in total. The fraction of sp³-hybridized carbons (Fsp3) is 0.154. The minimum absolute atomic E-state index is 0.305. The molecule has 4 aromatic rings. The molecule has 4 aromatic carbocycles. The van der Waals surface area contributed by atoms with Gasteiger partial charge in [0.15, 0.2) is 0 Å². The number of carbonyl (C=O) groups excluding carboxylic acids is 2. The molecule has 0 aromatic heterocycles. The van der Waals surface area contributed by atoms with Gasteiger partial charge in [0.05, 0.1) is 5.69 Å². The van der Waals surface area contributed by atoms with E-state index in [0.717, 1.165) is 32.0 Å². The van der Waals surface area contributed by atoms with Crippen LogP contribution in [0, 0.1) is 0 Å². The van der Waals surface area contributed by atoms with Gasteiger partial charge in [-0.2, -0.15) is 0 Å². The van der Waals surface area contributed by atoms with Crippen LogP contribution < -0.4 is 14.7 Å². The molecule has 0 fully saturated rings. The topological polar surface area (TPSA) is 43.9 Å². The van der Waals surface area contributed by atoms with Crippen molar-refractivity contribution in [3.63, 3.8) is 0 Å². The molecule has 0 saturated carbocycles. The number of benzene rings is 4. The summed E-state index contributed by atoms with van der Waals surface area (Å²) in [6.45, 7) is 0. The summed E-state index contributed by atoms with van der Waals surface area (Å²) in [5.74, 6) is -0.610. The fourth-order valence-electron chi connectivity index (χ4n) is 4.57. The number of rotatable bonds is 3. The van der Waals surface area contributed by atoms with Gasteiger partial charge in [-0.3, -0.25) is 9.59 Å². The summed E-state index contributed by atoms with van der Waals surface area (Å²) >= 11 is 3.55. The van der Waals surface area contributed by atoms with Gasteiger partial charge in [0.25, 0.3) is 11.8 Å². The third-order valence-corrected chi connectivity index (χ3v) is 6.72. The van der Waals surface area contributed by atoms with Crippen molar-refractivity contribution in [2.45, 2.75) is 0 Å². The number of imide groups is 1. The molecule has 1 aliphatic rings. The van der Waals surface area contributed by atoms with Crippen molar-refractivity contribution in [3.05, 3.63) is 76.3 Å². The maximum Gasteiger partial charge on any atom is 0.266 e. The van der Waals surface area contributed by atoms with Crippen molar-refractivity contribution in [3.8, 4) is 0 Å². The number of halogens is 1. The summed E-state index contributed by atoms with van der Waals surface area (Å²) < 4.78 is 0.864. The van der Waals surface area contributed by atoms with Crippen LogP contribution in [0.5, 0.6) is 0 Å². The zero-order chi connectivity index (χ0) is 22.7. The Hall–Kier alpha value is -3.38. The predicted molar refractivity (Wildman–Crippen MR) is 135 cm³/mol. The van der Waals surface area contributed by atoms with E-state index >= 15 is 0 Å².